The lowest BCUT2D eigenvalue weighted by atomic mass is 9.95. The van der Waals surface area contributed by atoms with E-state index in [1.807, 2.05) is 0 Å². The van der Waals surface area contributed by atoms with Crippen molar-refractivity contribution in [2.24, 2.45) is 0 Å². The third kappa shape index (κ3) is 5.10. The molecule has 1 saturated heterocycles. The van der Waals surface area contributed by atoms with Crippen molar-refractivity contribution in [1.29, 1.82) is 0 Å². The molecule has 1 aliphatic heterocycles. The van der Waals surface area contributed by atoms with E-state index in [0.717, 1.165) is 13.1 Å². The van der Waals surface area contributed by atoms with Gasteiger partial charge in [0.1, 0.15) is 11.6 Å². The van der Waals surface area contributed by atoms with Crippen LogP contribution in [0.1, 0.15) is 17.2 Å². The number of methoxy groups -OCH3 is 2. The largest absolute Gasteiger partial charge is 0.573 e. The number of benzene rings is 2. The van der Waals surface area contributed by atoms with Crippen LogP contribution in [0.5, 0.6) is 17.2 Å². The van der Waals surface area contributed by atoms with E-state index in [9.17, 15) is 17.6 Å². The normalized spacial score (nSPS) is 16.3. The lowest BCUT2D eigenvalue weighted by Gasteiger charge is -2.36. The Kier molecular flexibility index (Phi) is 6.49. The molecule has 3 rings (SSSR count). The molecule has 2 aromatic rings. The SMILES string of the molecule is COc1cc(F)c([C@@H](c2ccc(OC(F)(F)F)cc2)N2CCNCC2)cc1OC. The summed E-state index contributed by atoms with van der Waals surface area (Å²) in [6.07, 6.45) is -4.77. The lowest BCUT2D eigenvalue weighted by Crippen LogP contribution is -2.45. The molecule has 1 atom stereocenters. The van der Waals surface area contributed by atoms with Crippen LogP contribution in [0, 0.1) is 5.82 Å². The molecule has 0 amide bonds. The summed E-state index contributed by atoms with van der Waals surface area (Å²) >= 11 is 0. The Bertz CT molecular complexity index is 822. The lowest BCUT2D eigenvalue weighted by molar-refractivity contribution is -0.274. The molecule has 0 aliphatic carbocycles. The molecule has 1 fully saturated rings. The molecule has 0 radical (unpaired) electrons. The van der Waals surface area contributed by atoms with Crippen LogP contribution in [-0.2, 0) is 0 Å². The van der Waals surface area contributed by atoms with E-state index in [1.54, 1.807) is 6.07 Å². The highest BCUT2D eigenvalue weighted by Gasteiger charge is 2.32. The second-order valence-corrected chi connectivity index (χ2v) is 6.53. The number of halogens is 4. The first-order chi connectivity index (χ1) is 13.8. The van der Waals surface area contributed by atoms with Crippen LogP contribution in [0.25, 0.3) is 0 Å². The summed E-state index contributed by atoms with van der Waals surface area (Å²) in [4.78, 5) is 2.07. The summed E-state index contributed by atoms with van der Waals surface area (Å²) in [7, 11) is 2.88. The molecule has 29 heavy (non-hydrogen) atoms. The highest BCUT2D eigenvalue weighted by atomic mass is 19.4. The van der Waals surface area contributed by atoms with Crippen molar-refractivity contribution in [3.63, 3.8) is 0 Å². The van der Waals surface area contributed by atoms with Gasteiger partial charge in [-0.3, -0.25) is 4.90 Å². The van der Waals surface area contributed by atoms with E-state index >= 15 is 0 Å². The minimum Gasteiger partial charge on any atom is -0.493 e. The fourth-order valence-electron chi connectivity index (χ4n) is 3.46. The fourth-order valence-corrected chi connectivity index (χ4v) is 3.46. The predicted octanol–water partition coefficient (Wildman–Crippen LogP) is 3.74. The number of alkyl halides is 3. The quantitative estimate of drug-likeness (QED) is 0.730. The van der Waals surface area contributed by atoms with Gasteiger partial charge < -0.3 is 19.5 Å². The van der Waals surface area contributed by atoms with Crippen molar-refractivity contribution in [3.05, 3.63) is 53.3 Å². The minimum atomic E-state index is -4.77. The summed E-state index contributed by atoms with van der Waals surface area (Å²) in [5, 5.41) is 3.24. The number of piperazine rings is 1. The summed E-state index contributed by atoms with van der Waals surface area (Å²) < 4.78 is 66.8. The van der Waals surface area contributed by atoms with Crippen LogP contribution in [-0.4, -0.2) is 51.7 Å². The zero-order valence-corrected chi connectivity index (χ0v) is 16.1. The summed E-state index contributed by atoms with van der Waals surface area (Å²) in [5.41, 5.74) is 1.00. The first-order valence-electron chi connectivity index (χ1n) is 9.04. The summed E-state index contributed by atoms with van der Waals surface area (Å²) in [6, 6.07) is 7.82. The minimum absolute atomic E-state index is 0.265. The van der Waals surface area contributed by atoms with Crippen molar-refractivity contribution >= 4 is 0 Å². The van der Waals surface area contributed by atoms with E-state index < -0.39 is 18.2 Å². The van der Waals surface area contributed by atoms with Crippen LogP contribution < -0.4 is 19.5 Å². The molecule has 0 spiro atoms. The molecule has 1 heterocycles. The molecule has 0 saturated carbocycles. The monoisotopic (exact) mass is 414 g/mol. The standard InChI is InChI=1S/C20H22F4N2O3/c1-27-17-11-15(16(21)12-18(17)28-2)19(26-9-7-25-8-10-26)13-3-5-14(6-4-13)29-20(22,23)24/h3-6,11-12,19,25H,7-10H2,1-2H3/t19-/m1/s1. The van der Waals surface area contributed by atoms with Gasteiger partial charge in [0.15, 0.2) is 11.5 Å². The average Bonchev–Trinajstić information content (AvgIpc) is 2.70. The van der Waals surface area contributed by atoms with Gasteiger partial charge in [-0.1, -0.05) is 12.1 Å². The van der Waals surface area contributed by atoms with E-state index in [-0.39, 0.29) is 11.5 Å². The first-order valence-corrected chi connectivity index (χ1v) is 9.04. The second-order valence-electron chi connectivity index (χ2n) is 6.53. The number of rotatable bonds is 6. The number of ether oxygens (including phenoxy) is 3. The maximum Gasteiger partial charge on any atom is 0.573 e. The Morgan fingerprint density at radius 2 is 1.55 bits per heavy atom. The van der Waals surface area contributed by atoms with Crippen LogP contribution in [0.2, 0.25) is 0 Å². The fraction of sp³-hybridized carbons (Fsp3) is 0.400. The van der Waals surface area contributed by atoms with Crippen molar-refractivity contribution in [2.45, 2.75) is 12.4 Å². The third-order valence-electron chi connectivity index (χ3n) is 4.74. The second kappa shape index (κ2) is 8.87. The molecular formula is C20H22F4N2O3. The topological polar surface area (TPSA) is 43.0 Å². The zero-order valence-electron chi connectivity index (χ0n) is 16.1. The maximum absolute atomic E-state index is 15.0. The Hall–Kier alpha value is -2.52. The number of nitrogens with zero attached hydrogens (tertiary/aromatic N) is 1. The molecule has 0 unspecified atom stereocenters. The van der Waals surface area contributed by atoms with E-state index in [2.05, 4.69) is 15.0 Å². The number of hydrogen-bond acceptors (Lipinski definition) is 5. The predicted molar refractivity (Wildman–Crippen MR) is 98.9 cm³/mol. The molecule has 5 nitrogen and oxygen atoms in total. The maximum atomic E-state index is 15.0. The Balaban J connectivity index is 2.02. The number of hydrogen-bond donors (Lipinski definition) is 1. The van der Waals surface area contributed by atoms with Crippen molar-refractivity contribution < 1.29 is 31.8 Å². The first kappa shape index (κ1) is 21.2. The van der Waals surface area contributed by atoms with Gasteiger partial charge in [-0.25, -0.2) is 4.39 Å². The molecule has 0 aromatic heterocycles. The highest BCUT2D eigenvalue weighted by molar-refractivity contribution is 5.47. The highest BCUT2D eigenvalue weighted by Crippen LogP contribution is 2.38. The summed E-state index contributed by atoms with van der Waals surface area (Å²) in [5.74, 6) is -0.169. The van der Waals surface area contributed by atoms with Crippen LogP contribution in [0.3, 0.4) is 0 Å². The zero-order chi connectivity index (χ0) is 21.0. The van der Waals surface area contributed by atoms with Crippen LogP contribution in [0.15, 0.2) is 36.4 Å². The van der Waals surface area contributed by atoms with Gasteiger partial charge in [-0.05, 0) is 23.8 Å². The molecule has 1 N–H and O–H groups in total. The van der Waals surface area contributed by atoms with E-state index in [4.69, 9.17) is 9.47 Å². The average molecular weight is 414 g/mol. The van der Waals surface area contributed by atoms with Gasteiger partial charge in [0.05, 0.1) is 20.3 Å². The van der Waals surface area contributed by atoms with Crippen LogP contribution in [0.4, 0.5) is 17.6 Å². The van der Waals surface area contributed by atoms with Crippen molar-refractivity contribution in [1.82, 2.24) is 10.2 Å². The van der Waals surface area contributed by atoms with Gasteiger partial charge in [-0.2, -0.15) is 0 Å². The van der Waals surface area contributed by atoms with Gasteiger partial charge in [0, 0.05) is 37.8 Å². The van der Waals surface area contributed by atoms with Crippen molar-refractivity contribution in [3.8, 4) is 17.2 Å². The molecule has 1 aliphatic rings. The van der Waals surface area contributed by atoms with E-state index in [0.29, 0.717) is 30.0 Å². The van der Waals surface area contributed by atoms with E-state index in [1.165, 1.54) is 44.6 Å². The molecule has 9 heteroatoms. The summed E-state index contributed by atoms with van der Waals surface area (Å²) in [6.45, 7) is 2.75. The van der Waals surface area contributed by atoms with Gasteiger partial charge in [0.2, 0.25) is 0 Å². The molecule has 158 valence electrons. The number of nitrogens with one attached hydrogen (secondary N) is 1. The van der Waals surface area contributed by atoms with Crippen LogP contribution >= 0.6 is 0 Å². The third-order valence-corrected chi connectivity index (χ3v) is 4.74. The van der Waals surface area contributed by atoms with Gasteiger partial charge >= 0.3 is 6.36 Å². The van der Waals surface area contributed by atoms with Gasteiger partial charge in [-0.15, -0.1) is 13.2 Å². The Labute approximate surface area is 166 Å². The Morgan fingerprint density at radius 3 is 2.10 bits per heavy atom. The Morgan fingerprint density at radius 1 is 0.966 bits per heavy atom. The van der Waals surface area contributed by atoms with Crippen molar-refractivity contribution in [2.75, 3.05) is 40.4 Å². The molecule has 0 bridgehead atoms. The molecule has 2 aromatic carbocycles. The van der Waals surface area contributed by atoms with Gasteiger partial charge in [0.25, 0.3) is 0 Å². The molecular weight excluding hydrogens is 392 g/mol. The smallest absolute Gasteiger partial charge is 0.493 e.